The Hall–Kier alpha value is -0.0500. The highest BCUT2D eigenvalue weighted by molar-refractivity contribution is 9.18. The van der Waals surface area contributed by atoms with Gasteiger partial charge >= 0.3 is 0 Å². The molecular formula is C9H18BrNO. The van der Waals surface area contributed by atoms with Crippen molar-refractivity contribution < 1.29 is 4.84 Å². The summed E-state index contributed by atoms with van der Waals surface area (Å²) in [4.78, 5) is 5.26. The number of hydrogen-bond donors (Lipinski definition) is 0. The summed E-state index contributed by atoms with van der Waals surface area (Å²) >= 11 is 3.31. The van der Waals surface area contributed by atoms with Crippen molar-refractivity contribution in [3.05, 3.63) is 0 Å². The molecule has 1 rings (SSSR count). The number of nitrogens with zero attached hydrogens (tertiary/aromatic N) is 1. The molecule has 0 aliphatic carbocycles. The molecule has 1 aliphatic rings. The minimum Gasteiger partial charge on any atom is -0.388 e. The maximum atomic E-state index is 5.26. The normalized spacial score (nSPS) is 27.4. The van der Waals surface area contributed by atoms with Crippen LogP contribution in [-0.2, 0) is 4.84 Å². The van der Waals surface area contributed by atoms with Crippen molar-refractivity contribution in [3.8, 4) is 0 Å². The lowest BCUT2D eigenvalue weighted by Crippen LogP contribution is -2.30. The van der Waals surface area contributed by atoms with Crippen LogP contribution >= 0.6 is 15.9 Å². The van der Waals surface area contributed by atoms with Crippen LogP contribution in [0.5, 0.6) is 0 Å². The molecule has 0 spiro atoms. The van der Waals surface area contributed by atoms with Crippen LogP contribution in [0.25, 0.3) is 0 Å². The Kier molecular flexibility index (Phi) is 4.83. The standard InChI is InChI=1S/C7H12BrNO.C2H6/c1-5(2)7(3)4-6(8)9-10-7;1-2/h5H,4H2,1-3H3;1-2H3. The van der Waals surface area contributed by atoms with E-state index in [0.29, 0.717) is 5.92 Å². The summed E-state index contributed by atoms with van der Waals surface area (Å²) in [6, 6.07) is 0. The SMILES string of the molecule is CC.CC(C)C1(C)CC(Br)=NO1. The average molecular weight is 236 g/mol. The second-order valence-electron chi connectivity index (χ2n) is 3.20. The molecule has 0 amide bonds. The van der Waals surface area contributed by atoms with Crippen LogP contribution in [-0.4, -0.2) is 10.2 Å². The van der Waals surface area contributed by atoms with E-state index in [-0.39, 0.29) is 5.60 Å². The fourth-order valence-corrected chi connectivity index (χ4v) is 1.45. The maximum Gasteiger partial charge on any atom is 0.143 e. The monoisotopic (exact) mass is 235 g/mol. The molecule has 72 valence electrons. The molecule has 2 nitrogen and oxygen atoms in total. The van der Waals surface area contributed by atoms with E-state index in [0.717, 1.165) is 11.0 Å². The predicted molar refractivity (Wildman–Crippen MR) is 56.7 cm³/mol. The molecule has 0 bridgehead atoms. The molecule has 0 aromatic carbocycles. The van der Waals surface area contributed by atoms with E-state index in [9.17, 15) is 0 Å². The summed E-state index contributed by atoms with van der Waals surface area (Å²) in [6.07, 6.45) is 0.894. The summed E-state index contributed by atoms with van der Waals surface area (Å²) in [7, 11) is 0. The zero-order valence-electron chi connectivity index (χ0n) is 8.52. The summed E-state index contributed by atoms with van der Waals surface area (Å²) in [5.41, 5.74) is -0.0845. The van der Waals surface area contributed by atoms with Gasteiger partial charge < -0.3 is 4.84 Å². The first-order chi connectivity index (χ1) is 5.54. The highest BCUT2D eigenvalue weighted by Gasteiger charge is 2.36. The zero-order valence-corrected chi connectivity index (χ0v) is 10.1. The van der Waals surface area contributed by atoms with Gasteiger partial charge in [-0.25, -0.2) is 0 Å². The van der Waals surface area contributed by atoms with Crippen LogP contribution in [0.4, 0.5) is 0 Å². The Bertz CT molecular complexity index is 168. The fourth-order valence-electron chi connectivity index (χ4n) is 0.818. The first-order valence-corrected chi connectivity index (χ1v) is 5.24. The third-order valence-electron chi connectivity index (χ3n) is 2.07. The Balaban J connectivity index is 0.000000561. The van der Waals surface area contributed by atoms with Crippen LogP contribution < -0.4 is 0 Å². The van der Waals surface area contributed by atoms with Gasteiger partial charge in [0.05, 0.1) is 0 Å². The summed E-state index contributed by atoms with van der Waals surface area (Å²) in [6.45, 7) is 10.4. The van der Waals surface area contributed by atoms with Gasteiger partial charge in [0.15, 0.2) is 0 Å². The van der Waals surface area contributed by atoms with E-state index in [2.05, 4.69) is 41.9 Å². The van der Waals surface area contributed by atoms with Crippen molar-refractivity contribution >= 4 is 20.6 Å². The van der Waals surface area contributed by atoms with Crippen molar-refractivity contribution in [1.29, 1.82) is 0 Å². The number of rotatable bonds is 1. The molecule has 1 aliphatic heterocycles. The first-order valence-electron chi connectivity index (χ1n) is 4.45. The van der Waals surface area contributed by atoms with Gasteiger partial charge in [0.25, 0.3) is 0 Å². The van der Waals surface area contributed by atoms with Gasteiger partial charge in [-0.05, 0) is 28.8 Å². The molecule has 0 saturated carbocycles. The average Bonchev–Trinajstić information content (AvgIpc) is 2.37. The van der Waals surface area contributed by atoms with Gasteiger partial charge in [0, 0.05) is 6.42 Å². The molecule has 0 aromatic rings. The Morgan fingerprint density at radius 2 is 2.00 bits per heavy atom. The zero-order chi connectivity index (χ0) is 9.78. The number of hydrogen-bond acceptors (Lipinski definition) is 2. The van der Waals surface area contributed by atoms with E-state index < -0.39 is 0 Å². The second kappa shape index (κ2) is 4.85. The molecular weight excluding hydrogens is 218 g/mol. The van der Waals surface area contributed by atoms with E-state index in [1.165, 1.54) is 0 Å². The number of oxime groups is 1. The van der Waals surface area contributed by atoms with E-state index >= 15 is 0 Å². The molecule has 0 fully saturated rings. The topological polar surface area (TPSA) is 21.6 Å². The van der Waals surface area contributed by atoms with E-state index in [1.807, 2.05) is 13.8 Å². The molecule has 0 radical (unpaired) electrons. The Labute approximate surface area is 83.5 Å². The molecule has 0 N–H and O–H groups in total. The maximum absolute atomic E-state index is 5.26. The quantitative estimate of drug-likeness (QED) is 0.682. The predicted octanol–water partition coefficient (Wildman–Crippen LogP) is 3.56. The molecule has 3 heteroatoms. The molecule has 1 atom stereocenters. The van der Waals surface area contributed by atoms with E-state index in [1.54, 1.807) is 0 Å². The van der Waals surface area contributed by atoms with Crippen LogP contribution in [0.2, 0.25) is 0 Å². The number of halogens is 1. The van der Waals surface area contributed by atoms with Gasteiger partial charge in [0.1, 0.15) is 10.2 Å². The summed E-state index contributed by atoms with van der Waals surface area (Å²) in [5, 5.41) is 3.84. The third-order valence-corrected chi connectivity index (χ3v) is 2.50. The molecule has 0 aromatic heterocycles. The van der Waals surface area contributed by atoms with Crippen molar-refractivity contribution in [2.45, 2.75) is 46.6 Å². The van der Waals surface area contributed by atoms with Gasteiger partial charge in [-0.3, -0.25) is 0 Å². The lowest BCUT2D eigenvalue weighted by molar-refractivity contribution is -0.0384. The molecule has 0 saturated heterocycles. The lowest BCUT2D eigenvalue weighted by Gasteiger charge is -2.25. The van der Waals surface area contributed by atoms with Crippen molar-refractivity contribution in [1.82, 2.24) is 0 Å². The van der Waals surface area contributed by atoms with Gasteiger partial charge in [-0.2, -0.15) is 0 Å². The van der Waals surface area contributed by atoms with Crippen LogP contribution in [0.1, 0.15) is 41.0 Å². The Morgan fingerprint density at radius 1 is 1.50 bits per heavy atom. The highest BCUT2D eigenvalue weighted by atomic mass is 79.9. The van der Waals surface area contributed by atoms with Crippen molar-refractivity contribution in [2.75, 3.05) is 0 Å². The summed E-state index contributed by atoms with van der Waals surface area (Å²) < 4.78 is 0.920. The van der Waals surface area contributed by atoms with E-state index in [4.69, 9.17) is 4.84 Å². The summed E-state index contributed by atoms with van der Waals surface area (Å²) in [5.74, 6) is 0.506. The van der Waals surface area contributed by atoms with Crippen molar-refractivity contribution in [3.63, 3.8) is 0 Å². The minimum absolute atomic E-state index is 0.0845. The second-order valence-corrected chi connectivity index (χ2v) is 4.12. The Morgan fingerprint density at radius 3 is 2.17 bits per heavy atom. The van der Waals surface area contributed by atoms with Gasteiger partial charge in [-0.15, -0.1) is 0 Å². The van der Waals surface area contributed by atoms with Gasteiger partial charge in [-0.1, -0.05) is 32.9 Å². The molecule has 1 heterocycles. The smallest absolute Gasteiger partial charge is 0.143 e. The molecule has 1 unspecified atom stereocenters. The highest BCUT2D eigenvalue weighted by Crippen LogP contribution is 2.32. The lowest BCUT2D eigenvalue weighted by atomic mass is 9.90. The van der Waals surface area contributed by atoms with Crippen LogP contribution in [0.3, 0.4) is 0 Å². The molecule has 12 heavy (non-hydrogen) atoms. The largest absolute Gasteiger partial charge is 0.388 e. The third kappa shape index (κ3) is 2.77. The minimum atomic E-state index is -0.0845. The van der Waals surface area contributed by atoms with Crippen LogP contribution in [0.15, 0.2) is 5.16 Å². The fraction of sp³-hybridized carbons (Fsp3) is 0.889. The van der Waals surface area contributed by atoms with Crippen molar-refractivity contribution in [2.24, 2.45) is 11.1 Å². The first kappa shape index (κ1) is 11.9. The van der Waals surface area contributed by atoms with Gasteiger partial charge in [0.2, 0.25) is 0 Å². The van der Waals surface area contributed by atoms with Crippen LogP contribution in [0, 0.1) is 5.92 Å².